The second-order valence-electron chi connectivity index (χ2n) is 5.33. The van der Waals surface area contributed by atoms with Crippen LogP contribution in [0.25, 0.3) is 11.7 Å². The van der Waals surface area contributed by atoms with Gasteiger partial charge in [-0.05, 0) is 30.7 Å². The lowest BCUT2D eigenvalue weighted by atomic mass is 10.1. The first-order valence-corrected chi connectivity index (χ1v) is 7.53. The number of rotatable bonds is 5. The molecule has 0 spiro atoms. The third-order valence-electron chi connectivity index (χ3n) is 3.50. The summed E-state index contributed by atoms with van der Waals surface area (Å²) >= 11 is 0. The molecule has 1 amide bonds. The van der Waals surface area contributed by atoms with E-state index in [2.05, 4.69) is 15.5 Å². The molecule has 3 aromatic rings. The molecular weight excluding hydrogens is 288 g/mol. The largest absolute Gasteiger partial charge is 0.352 e. The number of carbonyl (C=O) groups is 1. The highest BCUT2D eigenvalue weighted by molar-refractivity contribution is 5.91. The maximum Gasteiger partial charge on any atom is 0.244 e. The first-order chi connectivity index (χ1) is 11.2. The molecule has 0 aliphatic rings. The Kier molecular flexibility index (Phi) is 4.47. The van der Waals surface area contributed by atoms with Crippen molar-refractivity contribution in [1.82, 2.24) is 19.9 Å². The van der Waals surface area contributed by atoms with Crippen LogP contribution in [0.1, 0.15) is 17.0 Å². The number of hydrogen-bond donors (Lipinski definition) is 1. The van der Waals surface area contributed by atoms with Gasteiger partial charge in [-0.25, -0.2) is 0 Å². The molecule has 0 fully saturated rings. The van der Waals surface area contributed by atoms with Crippen molar-refractivity contribution in [2.45, 2.75) is 13.3 Å². The van der Waals surface area contributed by atoms with Crippen LogP contribution in [0.2, 0.25) is 0 Å². The molecule has 0 radical (unpaired) electrons. The van der Waals surface area contributed by atoms with Crippen LogP contribution in [0.3, 0.4) is 0 Å². The molecule has 5 heteroatoms. The maximum absolute atomic E-state index is 11.9. The summed E-state index contributed by atoms with van der Waals surface area (Å²) in [5.41, 5.74) is 3.00. The van der Waals surface area contributed by atoms with Crippen LogP contribution in [0, 0.1) is 6.92 Å². The Balaban J connectivity index is 1.53. The van der Waals surface area contributed by atoms with Gasteiger partial charge >= 0.3 is 0 Å². The van der Waals surface area contributed by atoms with Crippen molar-refractivity contribution >= 4 is 17.6 Å². The van der Waals surface area contributed by atoms with E-state index in [1.165, 1.54) is 5.56 Å². The van der Waals surface area contributed by atoms with E-state index >= 15 is 0 Å². The lowest BCUT2D eigenvalue weighted by Gasteiger charge is -2.01. The Bertz CT molecular complexity index is 851. The lowest BCUT2D eigenvalue weighted by Crippen LogP contribution is -2.24. The molecule has 0 aliphatic carbocycles. The van der Waals surface area contributed by atoms with Gasteiger partial charge in [0, 0.05) is 25.2 Å². The van der Waals surface area contributed by atoms with Gasteiger partial charge in [-0.3, -0.25) is 9.20 Å². The quantitative estimate of drug-likeness (QED) is 0.736. The van der Waals surface area contributed by atoms with Crippen LogP contribution >= 0.6 is 0 Å². The minimum absolute atomic E-state index is 0.111. The number of amides is 1. The van der Waals surface area contributed by atoms with Crippen LogP contribution in [0.5, 0.6) is 0 Å². The lowest BCUT2D eigenvalue weighted by molar-refractivity contribution is -0.116. The minimum atomic E-state index is -0.111. The molecule has 0 saturated heterocycles. The zero-order chi connectivity index (χ0) is 16.1. The predicted molar refractivity (Wildman–Crippen MR) is 89.9 cm³/mol. The van der Waals surface area contributed by atoms with E-state index in [1.807, 2.05) is 66.1 Å². The van der Waals surface area contributed by atoms with E-state index in [-0.39, 0.29) is 5.91 Å². The molecule has 0 atom stereocenters. The average Bonchev–Trinajstić information content (AvgIpc) is 2.97. The van der Waals surface area contributed by atoms with E-state index in [1.54, 1.807) is 6.08 Å². The molecule has 0 aliphatic heterocycles. The molecule has 0 unspecified atom stereocenters. The van der Waals surface area contributed by atoms with Crippen molar-refractivity contribution in [3.05, 3.63) is 71.7 Å². The van der Waals surface area contributed by atoms with E-state index in [0.29, 0.717) is 13.0 Å². The smallest absolute Gasteiger partial charge is 0.244 e. The van der Waals surface area contributed by atoms with Crippen molar-refractivity contribution in [3.63, 3.8) is 0 Å². The van der Waals surface area contributed by atoms with E-state index in [9.17, 15) is 4.79 Å². The molecule has 23 heavy (non-hydrogen) atoms. The summed E-state index contributed by atoms with van der Waals surface area (Å²) < 4.78 is 1.93. The SMILES string of the molecule is Cc1cccc(C=CC(=O)NCCc2nnc3ccccn23)c1. The van der Waals surface area contributed by atoms with Gasteiger partial charge in [0.25, 0.3) is 0 Å². The number of hydrogen-bond acceptors (Lipinski definition) is 3. The van der Waals surface area contributed by atoms with Gasteiger partial charge in [0.1, 0.15) is 5.82 Å². The Morgan fingerprint density at radius 1 is 1.22 bits per heavy atom. The third-order valence-corrected chi connectivity index (χ3v) is 3.50. The fourth-order valence-corrected chi connectivity index (χ4v) is 2.36. The second-order valence-corrected chi connectivity index (χ2v) is 5.33. The summed E-state index contributed by atoms with van der Waals surface area (Å²) in [7, 11) is 0. The fourth-order valence-electron chi connectivity index (χ4n) is 2.36. The van der Waals surface area contributed by atoms with Crippen LogP contribution in [-0.2, 0) is 11.2 Å². The first kappa shape index (κ1) is 15.0. The highest BCUT2D eigenvalue weighted by atomic mass is 16.1. The van der Waals surface area contributed by atoms with E-state index in [4.69, 9.17) is 0 Å². The van der Waals surface area contributed by atoms with Crippen molar-refractivity contribution < 1.29 is 4.79 Å². The van der Waals surface area contributed by atoms with Gasteiger partial charge in [-0.2, -0.15) is 0 Å². The normalized spacial score (nSPS) is 11.2. The average molecular weight is 306 g/mol. The molecule has 1 aromatic carbocycles. The predicted octanol–water partition coefficient (Wildman–Crippen LogP) is 2.41. The van der Waals surface area contributed by atoms with Gasteiger partial charge in [0.15, 0.2) is 5.65 Å². The van der Waals surface area contributed by atoms with Crippen molar-refractivity contribution in [1.29, 1.82) is 0 Å². The summed E-state index contributed by atoms with van der Waals surface area (Å²) in [5, 5.41) is 11.1. The van der Waals surface area contributed by atoms with Crippen molar-refractivity contribution in [2.75, 3.05) is 6.54 Å². The number of pyridine rings is 1. The van der Waals surface area contributed by atoms with Crippen LogP contribution in [0.4, 0.5) is 0 Å². The topological polar surface area (TPSA) is 59.3 Å². The number of aromatic nitrogens is 3. The summed E-state index contributed by atoms with van der Waals surface area (Å²) in [6.07, 6.45) is 5.92. The zero-order valence-electron chi connectivity index (χ0n) is 12.9. The maximum atomic E-state index is 11.9. The van der Waals surface area contributed by atoms with E-state index < -0.39 is 0 Å². The van der Waals surface area contributed by atoms with Crippen LogP contribution in [-0.4, -0.2) is 27.0 Å². The highest BCUT2D eigenvalue weighted by Crippen LogP contribution is 2.05. The highest BCUT2D eigenvalue weighted by Gasteiger charge is 2.04. The molecule has 2 aromatic heterocycles. The fraction of sp³-hybridized carbons (Fsp3) is 0.167. The minimum Gasteiger partial charge on any atom is -0.352 e. The summed E-state index contributed by atoms with van der Waals surface area (Å²) in [6, 6.07) is 13.8. The van der Waals surface area contributed by atoms with Crippen LogP contribution < -0.4 is 5.32 Å². The van der Waals surface area contributed by atoms with Gasteiger partial charge < -0.3 is 5.32 Å². The van der Waals surface area contributed by atoms with Crippen molar-refractivity contribution in [2.24, 2.45) is 0 Å². The molecule has 5 nitrogen and oxygen atoms in total. The number of nitrogens with zero attached hydrogens (tertiary/aromatic N) is 3. The number of aryl methyl sites for hydroxylation is 1. The molecule has 1 N–H and O–H groups in total. The summed E-state index contributed by atoms with van der Waals surface area (Å²) in [5.74, 6) is 0.726. The molecule has 3 rings (SSSR count). The van der Waals surface area contributed by atoms with Gasteiger partial charge in [-0.1, -0.05) is 35.9 Å². The number of fused-ring (bicyclic) bond motifs is 1. The van der Waals surface area contributed by atoms with Gasteiger partial charge in [0.05, 0.1) is 0 Å². The standard InChI is InChI=1S/C18H18N4O/c1-14-5-4-6-15(13-14)8-9-18(23)19-11-10-17-21-20-16-7-2-3-12-22(16)17/h2-9,12-13H,10-11H2,1H3,(H,19,23). The molecule has 0 saturated carbocycles. The molecule has 0 bridgehead atoms. The summed E-state index contributed by atoms with van der Waals surface area (Å²) in [6.45, 7) is 2.55. The molecule has 2 heterocycles. The Morgan fingerprint density at radius 3 is 3.00 bits per heavy atom. The first-order valence-electron chi connectivity index (χ1n) is 7.53. The second kappa shape index (κ2) is 6.87. The van der Waals surface area contributed by atoms with E-state index in [0.717, 1.165) is 17.0 Å². The zero-order valence-corrected chi connectivity index (χ0v) is 12.9. The Morgan fingerprint density at radius 2 is 2.13 bits per heavy atom. The number of carbonyl (C=O) groups excluding carboxylic acids is 1. The molecular formula is C18H18N4O. The van der Waals surface area contributed by atoms with Crippen molar-refractivity contribution in [3.8, 4) is 0 Å². The van der Waals surface area contributed by atoms with Gasteiger partial charge in [-0.15, -0.1) is 10.2 Å². The Labute approximate surface area is 134 Å². The third kappa shape index (κ3) is 3.83. The van der Waals surface area contributed by atoms with Crippen LogP contribution in [0.15, 0.2) is 54.7 Å². The Hall–Kier alpha value is -2.95. The number of nitrogens with one attached hydrogen (secondary N) is 1. The molecule has 116 valence electrons. The number of benzene rings is 1. The van der Waals surface area contributed by atoms with Gasteiger partial charge in [0.2, 0.25) is 5.91 Å². The summed E-state index contributed by atoms with van der Waals surface area (Å²) in [4.78, 5) is 11.9. The monoisotopic (exact) mass is 306 g/mol.